The molecule has 28 heavy (non-hydrogen) atoms. The lowest BCUT2D eigenvalue weighted by Gasteiger charge is -2.27. The predicted octanol–water partition coefficient (Wildman–Crippen LogP) is 3.79. The van der Waals surface area contributed by atoms with E-state index in [1.807, 2.05) is 55.5 Å². The highest BCUT2D eigenvalue weighted by Crippen LogP contribution is 2.16. The quantitative estimate of drug-likeness (QED) is 0.514. The third-order valence-corrected chi connectivity index (χ3v) is 4.79. The minimum atomic E-state index is -0.295. The molecular weight excluding hydrogens is 350 g/mol. The Morgan fingerprint density at radius 1 is 0.964 bits per heavy atom. The highest BCUT2D eigenvalue weighted by atomic mass is 16.3. The van der Waals surface area contributed by atoms with Crippen molar-refractivity contribution in [2.75, 3.05) is 18.0 Å². The largest absolute Gasteiger partial charge is 0.391 e. The van der Waals surface area contributed by atoms with Crippen molar-refractivity contribution in [3.05, 3.63) is 60.7 Å². The molecule has 3 rings (SSSR count). The maximum absolute atomic E-state index is 10.1. The summed E-state index contributed by atoms with van der Waals surface area (Å²) < 4.78 is 0. The molecular formula is C22H29N5O. The second kappa shape index (κ2) is 10.6. The van der Waals surface area contributed by atoms with Crippen molar-refractivity contribution in [2.24, 2.45) is 0 Å². The number of hydrogen-bond acceptors (Lipinski definition) is 5. The third kappa shape index (κ3) is 5.89. The van der Waals surface area contributed by atoms with Gasteiger partial charge in [-0.2, -0.15) is 4.80 Å². The van der Waals surface area contributed by atoms with Crippen molar-refractivity contribution in [1.82, 2.24) is 20.2 Å². The van der Waals surface area contributed by atoms with Crippen LogP contribution in [0.4, 0.5) is 5.69 Å². The number of rotatable bonds is 11. The van der Waals surface area contributed by atoms with Crippen LogP contribution in [0.25, 0.3) is 11.4 Å². The first-order valence-electron chi connectivity index (χ1n) is 10.1. The van der Waals surface area contributed by atoms with E-state index in [1.54, 1.807) is 4.80 Å². The molecule has 1 unspecified atom stereocenters. The molecule has 0 radical (unpaired) electrons. The van der Waals surface area contributed by atoms with Crippen molar-refractivity contribution < 1.29 is 5.11 Å². The van der Waals surface area contributed by atoms with Crippen LogP contribution >= 0.6 is 0 Å². The highest BCUT2D eigenvalue weighted by Gasteiger charge is 2.11. The lowest BCUT2D eigenvalue weighted by molar-refractivity contribution is 0.175. The van der Waals surface area contributed by atoms with Crippen LogP contribution in [-0.2, 0) is 6.54 Å². The van der Waals surface area contributed by atoms with Crippen molar-refractivity contribution in [3.8, 4) is 11.4 Å². The smallest absolute Gasteiger partial charge is 0.204 e. The maximum atomic E-state index is 10.1. The number of aryl methyl sites for hydroxylation is 1. The van der Waals surface area contributed by atoms with Gasteiger partial charge in [-0.1, -0.05) is 55.5 Å². The van der Waals surface area contributed by atoms with Gasteiger partial charge in [0.1, 0.15) is 0 Å². The Bertz CT molecular complexity index is 806. The summed E-state index contributed by atoms with van der Waals surface area (Å²) in [4.78, 5) is 3.95. The van der Waals surface area contributed by atoms with Crippen LogP contribution in [-0.4, -0.2) is 44.5 Å². The maximum Gasteiger partial charge on any atom is 0.204 e. The molecule has 0 aliphatic rings. The molecule has 0 fully saturated rings. The first-order chi connectivity index (χ1) is 13.8. The second-order valence-electron chi connectivity index (χ2n) is 6.98. The van der Waals surface area contributed by atoms with Gasteiger partial charge in [0.2, 0.25) is 5.82 Å². The number of unbranched alkanes of at least 4 members (excludes halogenated alkanes) is 2. The van der Waals surface area contributed by atoms with Gasteiger partial charge in [0, 0.05) is 24.3 Å². The predicted molar refractivity (Wildman–Crippen MR) is 112 cm³/mol. The fourth-order valence-electron chi connectivity index (χ4n) is 3.12. The van der Waals surface area contributed by atoms with Crippen LogP contribution in [0.2, 0.25) is 0 Å². The zero-order valence-corrected chi connectivity index (χ0v) is 16.5. The highest BCUT2D eigenvalue weighted by molar-refractivity contribution is 5.52. The van der Waals surface area contributed by atoms with E-state index in [4.69, 9.17) is 0 Å². The van der Waals surface area contributed by atoms with Crippen LogP contribution in [0.3, 0.4) is 0 Å². The Balaban J connectivity index is 1.44. The van der Waals surface area contributed by atoms with E-state index in [1.165, 1.54) is 5.69 Å². The molecule has 1 heterocycles. The molecule has 0 aliphatic carbocycles. The fourth-order valence-corrected chi connectivity index (χ4v) is 3.12. The third-order valence-electron chi connectivity index (χ3n) is 4.79. The van der Waals surface area contributed by atoms with Crippen molar-refractivity contribution >= 4 is 5.69 Å². The van der Waals surface area contributed by atoms with Gasteiger partial charge >= 0.3 is 0 Å². The SMILES string of the molecule is CCC(O)CN(CCCCCn1nnc(-c2ccccc2)n1)c1ccccc1. The summed E-state index contributed by atoms with van der Waals surface area (Å²) in [6.07, 6.45) is 3.62. The Morgan fingerprint density at radius 2 is 1.68 bits per heavy atom. The van der Waals surface area contributed by atoms with Gasteiger partial charge < -0.3 is 10.0 Å². The van der Waals surface area contributed by atoms with Crippen LogP contribution in [0.1, 0.15) is 32.6 Å². The summed E-state index contributed by atoms with van der Waals surface area (Å²) in [6, 6.07) is 20.2. The zero-order valence-electron chi connectivity index (χ0n) is 16.5. The zero-order chi connectivity index (χ0) is 19.6. The van der Waals surface area contributed by atoms with Gasteiger partial charge in [0.05, 0.1) is 12.6 Å². The average Bonchev–Trinajstić information content (AvgIpc) is 3.22. The molecule has 1 N–H and O–H groups in total. The van der Waals surface area contributed by atoms with Crippen molar-refractivity contribution in [1.29, 1.82) is 0 Å². The van der Waals surface area contributed by atoms with Crippen LogP contribution in [0.5, 0.6) is 0 Å². The number of nitrogens with zero attached hydrogens (tertiary/aromatic N) is 5. The van der Waals surface area contributed by atoms with Gasteiger partial charge in [-0.05, 0) is 43.0 Å². The molecule has 6 heteroatoms. The minimum Gasteiger partial charge on any atom is -0.391 e. The normalized spacial score (nSPS) is 12.1. The molecule has 0 spiro atoms. The van der Waals surface area contributed by atoms with E-state index in [0.717, 1.165) is 44.3 Å². The molecule has 0 saturated carbocycles. The Labute approximate surface area is 166 Å². The van der Waals surface area contributed by atoms with E-state index < -0.39 is 0 Å². The molecule has 1 aromatic heterocycles. The number of hydrogen-bond donors (Lipinski definition) is 1. The van der Waals surface area contributed by atoms with Gasteiger partial charge in [-0.25, -0.2) is 0 Å². The second-order valence-corrected chi connectivity index (χ2v) is 6.98. The number of para-hydroxylation sites is 1. The van der Waals surface area contributed by atoms with E-state index in [2.05, 4.69) is 32.4 Å². The summed E-state index contributed by atoms with van der Waals surface area (Å²) in [7, 11) is 0. The van der Waals surface area contributed by atoms with Gasteiger partial charge in [0.25, 0.3) is 0 Å². The summed E-state index contributed by atoms with van der Waals surface area (Å²) in [5, 5.41) is 22.8. The summed E-state index contributed by atoms with van der Waals surface area (Å²) in [5.41, 5.74) is 2.15. The van der Waals surface area contributed by atoms with E-state index in [-0.39, 0.29) is 6.10 Å². The number of aromatic nitrogens is 4. The molecule has 1 atom stereocenters. The minimum absolute atomic E-state index is 0.295. The summed E-state index contributed by atoms with van der Waals surface area (Å²) in [5.74, 6) is 0.671. The van der Waals surface area contributed by atoms with Crippen LogP contribution in [0.15, 0.2) is 60.7 Å². The lowest BCUT2D eigenvalue weighted by atomic mass is 10.2. The molecule has 2 aromatic carbocycles. The monoisotopic (exact) mass is 379 g/mol. The Hall–Kier alpha value is -2.73. The van der Waals surface area contributed by atoms with Gasteiger partial charge in [-0.3, -0.25) is 0 Å². The topological polar surface area (TPSA) is 67.1 Å². The number of anilines is 1. The molecule has 0 bridgehead atoms. The average molecular weight is 380 g/mol. The number of aliphatic hydroxyl groups is 1. The molecule has 0 aliphatic heterocycles. The van der Waals surface area contributed by atoms with Crippen molar-refractivity contribution in [2.45, 2.75) is 45.3 Å². The number of aliphatic hydroxyl groups excluding tert-OH is 1. The van der Waals surface area contributed by atoms with E-state index in [0.29, 0.717) is 12.4 Å². The van der Waals surface area contributed by atoms with E-state index >= 15 is 0 Å². The van der Waals surface area contributed by atoms with Crippen LogP contribution < -0.4 is 4.90 Å². The first-order valence-corrected chi connectivity index (χ1v) is 10.1. The molecule has 0 saturated heterocycles. The Morgan fingerprint density at radius 3 is 2.39 bits per heavy atom. The molecule has 6 nitrogen and oxygen atoms in total. The summed E-state index contributed by atoms with van der Waals surface area (Å²) >= 11 is 0. The van der Waals surface area contributed by atoms with Gasteiger partial charge in [-0.15, -0.1) is 10.2 Å². The van der Waals surface area contributed by atoms with E-state index in [9.17, 15) is 5.11 Å². The fraction of sp³-hybridized carbons (Fsp3) is 0.409. The first kappa shape index (κ1) is 20.0. The summed E-state index contributed by atoms with van der Waals surface area (Å²) in [6.45, 7) is 4.39. The standard InChI is InChI=1S/C22H29N5O/c1-2-21(28)18-26(20-14-8-4-9-15-20)16-10-5-11-17-27-24-22(23-25-27)19-12-6-3-7-13-19/h3-4,6-9,12-15,21,28H,2,5,10-11,16-18H2,1H3. The molecule has 3 aromatic rings. The number of benzene rings is 2. The van der Waals surface area contributed by atoms with Crippen LogP contribution in [0, 0.1) is 0 Å². The molecule has 148 valence electrons. The molecule has 0 amide bonds. The Kier molecular flexibility index (Phi) is 7.55. The van der Waals surface area contributed by atoms with Gasteiger partial charge in [0.15, 0.2) is 0 Å². The van der Waals surface area contributed by atoms with Crippen molar-refractivity contribution in [3.63, 3.8) is 0 Å². The number of tetrazole rings is 1. The lowest BCUT2D eigenvalue weighted by Crippen LogP contribution is -2.33.